The van der Waals surface area contributed by atoms with Crippen molar-refractivity contribution in [2.24, 2.45) is 0 Å². The molecular formula is C20H24N2O5S. The maximum absolute atomic E-state index is 12.1. The average Bonchev–Trinajstić information content (AvgIpc) is 2.66. The first-order valence-electron chi connectivity index (χ1n) is 8.83. The quantitative estimate of drug-likeness (QED) is 0.658. The third-order valence-electron chi connectivity index (χ3n) is 4.11. The Morgan fingerprint density at radius 3 is 2.36 bits per heavy atom. The molecule has 0 bridgehead atoms. The van der Waals surface area contributed by atoms with E-state index in [0.717, 1.165) is 23.1 Å². The van der Waals surface area contributed by atoms with Crippen LogP contribution in [0.4, 0.5) is 5.69 Å². The summed E-state index contributed by atoms with van der Waals surface area (Å²) >= 11 is 0. The highest BCUT2D eigenvalue weighted by Crippen LogP contribution is 2.20. The molecule has 0 aliphatic carbocycles. The minimum atomic E-state index is -3.83. The summed E-state index contributed by atoms with van der Waals surface area (Å²) in [5.41, 5.74) is 3.51. The zero-order chi connectivity index (χ0) is 20.7. The number of hydrogen-bond donors (Lipinski definition) is 2. The summed E-state index contributed by atoms with van der Waals surface area (Å²) in [5.74, 6) is -1.33. The van der Waals surface area contributed by atoms with Crippen LogP contribution in [0.1, 0.15) is 23.6 Å². The Hall–Kier alpha value is -2.71. The van der Waals surface area contributed by atoms with Gasteiger partial charge < -0.3 is 10.1 Å². The highest BCUT2D eigenvalue weighted by atomic mass is 32.2. The van der Waals surface area contributed by atoms with E-state index >= 15 is 0 Å². The van der Waals surface area contributed by atoms with Gasteiger partial charge in [0.2, 0.25) is 10.0 Å². The highest BCUT2D eigenvalue weighted by Gasteiger charge is 2.17. The van der Waals surface area contributed by atoms with E-state index < -0.39 is 35.1 Å². The number of nitrogens with one attached hydrogen (secondary N) is 2. The maximum atomic E-state index is 12.1. The number of carbonyl (C=O) groups is 2. The molecule has 1 amide bonds. The molecule has 0 unspecified atom stereocenters. The van der Waals surface area contributed by atoms with Crippen LogP contribution in [0.15, 0.2) is 47.4 Å². The minimum absolute atomic E-state index is 0.0512. The number of hydrogen-bond acceptors (Lipinski definition) is 5. The van der Waals surface area contributed by atoms with Gasteiger partial charge in [0.15, 0.2) is 6.61 Å². The smallest absolute Gasteiger partial charge is 0.321 e. The van der Waals surface area contributed by atoms with Gasteiger partial charge in [-0.3, -0.25) is 9.59 Å². The molecule has 0 radical (unpaired) electrons. The van der Waals surface area contributed by atoms with Gasteiger partial charge in [-0.25, -0.2) is 8.42 Å². The van der Waals surface area contributed by atoms with Gasteiger partial charge in [-0.1, -0.05) is 42.8 Å². The Kier molecular flexibility index (Phi) is 7.31. The molecule has 0 aromatic heterocycles. The number of ether oxygens (including phenoxy) is 1. The lowest BCUT2D eigenvalue weighted by atomic mass is 10.1. The molecule has 8 heteroatoms. The summed E-state index contributed by atoms with van der Waals surface area (Å²) in [6.07, 6.45) is 0.748. The van der Waals surface area contributed by atoms with Crippen LogP contribution >= 0.6 is 0 Å². The van der Waals surface area contributed by atoms with E-state index in [-0.39, 0.29) is 4.90 Å². The molecule has 28 heavy (non-hydrogen) atoms. The summed E-state index contributed by atoms with van der Waals surface area (Å²) in [6.45, 7) is 4.63. The molecule has 7 nitrogen and oxygen atoms in total. The van der Waals surface area contributed by atoms with E-state index in [9.17, 15) is 18.0 Å². The summed E-state index contributed by atoms with van der Waals surface area (Å²) < 4.78 is 31.3. The fourth-order valence-electron chi connectivity index (χ4n) is 2.53. The molecule has 0 spiro atoms. The van der Waals surface area contributed by atoms with Crippen molar-refractivity contribution in [2.75, 3.05) is 18.5 Å². The van der Waals surface area contributed by atoms with Crippen LogP contribution in [-0.2, 0) is 30.8 Å². The Balaban J connectivity index is 1.85. The second-order valence-electron chi connectivity index (χ2n) is 6.31. The lowest BCUT2D eigenvalue weighted by Crippen LogP contribution is -2.32. The number of carbonyl (C=O) groups excluding carboxylic acids is 2. The molecule has 2 N–H and O–H groups in total. The summed E-state index contributed by atoms with van der Waals surface area (Å²) in [4.78, 5) is 23.9. The number of sulfonamides is 1. The third-order valence-corrected chi connectivity index (χ3v) is 5.52. The Morgan fingerprint density at radius 1 is 1.04 bits per heavy atom. The zero-order valence-electron chi connectivity index (χ0n) is 16.1. The number of benzene rings is 2. The van der Waals surface area contributed by atoms with E-state index in [1.807, 2.05) is 39.0 Å². The van der Waals surface area contributed by atoms with E-state index in [1.165, 1.54) is 12.1 Å². The molecule has 2 aromatic rings. The van der Waals surface area contributed by atoms with Gasteiger partial charge in [-0.05, 0) is 43.5 Å². The van der Waals surface area contributed by atoms with Crippen LogP contribution in [0.5, 0.6) is 0 Å². The summed E-state index contributed by atoms with van der Waals surface area (Å²) in [7, 11) is -3.83. The van der Waals surface area contributed by atoms with E-state index in [1.54, 1.807) is 12.1 Å². The van der Waals surface area contributed by atoms with Crippen molar-refractivity contribution >= 4 is 27.6 Å². The highest BCUT2D eigenvalue weighted by molar-refractivity contribution is 7.89. The van der Waals surface area contributed by atoms with Crippen LogP contribution in [0.25, 0.3) is 0 Å². The molecular weight excluding hydrogens is 380 g/mol. The lowest BCUT2D eigenvalue weighted by Gasteiger charge is -2.13. The molecule has 0 saturated carbocycles. The average molecular weight is 404 g/mol. The first-order chi connectivity index (χ1) is 13.2. The van der Waals surface area contributed by atoms with Gasteiger partial charge in [-0.15, -0.1) is 0 Å². The van der Waals surface area contributed by atoms with E-state index in [4.69, 9.17) is 4.74 Å². The normalized spacial score (nSPS) is 11.1. The fraction of sp³-hybridized carbons (Fsp3) is 0.300. The van der Waals surface area contributed by atoms with Crippen LogP contribution in [0.3, 0.4) is 0 Å². The van der Waals surface area contributed by atoms with Gasteiger partial charge in [0.05, 0.1) is 4.90 Å². The molecule has 0 saturated heterocycles. The largest absolute Gasteiger partial charge is 0.455 e. The van der Waals surface area contributed by atoms with Crippen molar-refractivity contribution < 1.29 is 22.7 Å². The third kappa shape index (κ3) is 5.90. The topological polar surface area (TPSA) is 102 Å². The molecule has 150 valence electrons. The lowest BCUT2D eigenvalue weighted by molar-refractivity contribution is -0.146. The molecule has 2 aromatic carbocycles. The van der Waals surface area contributed by atoms with Crippen molar-refractivity contribution in [3.8, 4) is 0 Å². The van der Waals surface area contributed by atoms with Gasteiger partial charge >= 0.3 is 5.97 Å². The van der Waals surface area contributed by atoms with Crippen molar-refractivity contribution in [1.82, 2.24) is 4.72 Å². The molecule has 2 rings (SSSR count). The predicted molar refractivity (Wildman–Crippen MR) is 107 cm³/mol. The Labute approximate surface area is 165 Å². The second-order valence-corrected chi connectivity index (χ2v) is 8.08. The number of esters is 1. The number of aryl methyl sites for hydroxylation is 3. The van der Waals surface area contributed by atoms with Crippen LogP contribution in [0, 0.1) is 13.8 Å². The van der Waals surface area contributed by atoms with Crippen molar-refractivity contribution in [3.05, 3.63) is 59.2 Å². The maximum Gasteiger partial charge on any atom is 0.321 e. The van der Waals surface area contributed by atoms with Gasteiger partial charge in [-0.2, -0.15) is 4.72 Å². The molecule has 0 heterocycles. The van der Waals surface area contributed by atoms with Gasteiger partial charge in [0, 0.05) is 5.69 Å². The van der Waals surface area contributed by atoms with Crippen molar-refractivity contribution in [3.63, 3.8) is 0 Å². The minimum Gasteiger partial charge on any atom is -0.455 e. The molecule has 0 fully saturated rings. The number of amides is 1. The SMILES string of the molecule is CCc1cccc(C)c1NC(=O)COC(=O)CNS(=O)(=O)c1ccc(C)cc1. The molecule has 0 atom stereocenters. The molecule has 0 aliphatic rings. The molecule has 0 aliphatic heterocycles. The monoisotopic (exact) mass is 404 g/mol. The first kappa shape index (κ1) is 21.6. The van der Waals surface area contributed by atoms with Crippen molar-refractivity contribution in [1.29, 1.82) is 0 Å². The second kappa shape index (κ2) is 9.48. The standard InChI is InChI=1S/C20H24N2O5S/c1-4-16-7-5-6-15(3)20(16)22-18(23)13-27-19(24)12-21-28(25,26)17-10-8-14(2)9-11-17/h5-11,21H,4,12-13H2,1-3H3,(H,22,23). The first-order valence-corrected chi connectivity index (χ1v) is 10.3. The summed E-state index contributed by atoms with van der Waals surface area (Å²) in [5, 5.41) is 2.73. The fourth-order valence-corrected chi connectivity index (χ4v) is 3.50. The zero-order valence-corrected chi connectivity index (χ0v) is 16.9. The van der Waals surface area contributed by atoms with E-state index in [0.29, 0.717) is 5.69 Å². The van der Waals surface area contributed by atoms with Crippen molar-refractivity contribution in [2.45, 2.75) is 32.1 Å². The number of anilines is 1. The number of para-hydroxylation sites is 1. The Morgan fingerprint density at radius 2 is 1.71 bits per heavy atom. The van der Waals surface area contributed by atoms with Gasteiger partial charge in [0.25, 0.3) is 5.91 Å². The number of rotatable bonds is 8. The van der Waals surface area contributed by atoms with Crippen LogP contribution < -0.4 is 10.0 Å². The van der Waals surface area contributed by atoms with Crippen LogP contribution in [-0.4, -0.2) is 33.4 Å². The predicted octanol–water partition coefficient (Wildman–Crippen LogP) is 2.33. The summed E-state index contributed by atoms with van der Waals surface area (Å²) in [6, 6.07) is 11.9. The van der Waals surface area contributed by atoms with Crippen LogP contribution in [0.2, 0.25) is 0 Å². The van der Waals surface area contributed by atoms with E-state index in [2.05, 4.69) is 10.0 Å². The van der Waals surface area contributed by atoms with Gasteiger partial charge in [0.1, 0.15) is 6.54 Å². The Bertz CT molecular complexity index is 953.